The van der Waals surface area contributed by atoms with E-state index in [0.29, 0.717) is 18.0 Å². The highest BCUT2D eigenvalue weighted by Crippen LogP contribution is 2.33. The lowest BCUT2D eigenvalue weighted by atomic mass is 9.82. The third kappa shape index (κ3) is 3.39. The third-order valence-corrected chi connectivity index (χ3v) is 5.84. The van der Waals surface area contributed by atoms with Crippen LogP contribution in [-0.4, -0.2) is 60.5 Å². The summed E-state index contributed by atoms with van der Waals surface area (Å²) in [5.74, 6) is 0.519. The molecule has 1 amide bonds. The Morgan fingerprint density at radius 2 is 1.58 bits per heavy atom. The van der Waals surface area contributed by atoms with E-state index in [2.05, 4.69) is 70.9 Å². The smallest absolute Gasteiger partial charge is 0.219 e. The first-order valence-corrected chi connectivity index (χ1v) is 9.56. The van der Waals surface area contributed by atoms with Crippen molar-refractivity contribution in [3.05, 3.63) is 71.8 Å². The average Bonchev–Trinajstić information content (AvgIpc) is 2.69. The highest BCUT2D eigenvalue weighted by Gasteiger charge is 2.39. The number of hydrogen-bond acceptors (Lipinski definition) is 3. The van der Waals surface area contributed by atoms with Crippen LogP contribution >= 0.6 is 0 Å². The summed E-state index contributed by atoms with van der Waals surface area (Å²) < 4.78 is 0. The van der Waals surface area contributed by atoms with Gasteiger partial charge in [0.15, 0.2) is 0 Å². The Hall–Kier alpha value is -2.17. The summed E-state index contributed by atoms with van der Waals surface area (Å²) in [7, 11) is 0. The van der Waals surface area contributed by atoms with E-state index in [-0.39, 0.29) is 5.91 Å². The largest absolute Gasteiger partial charge is 0.340 e. The van der Waals surface area contributed by atoms with Crippen molar-refractivity contribution in [2.45, 2.75) is 24.9 Å². The van der Waals surface area contributed by atoms with Gasteiger partial charge in [-0.05, 0) is 11.1 Å². The molecule has 0 aliphatic carbocycles. The number of carbonyl (C=O) groups excluding carboxylic acids is 1. The molecule has 2 aromatic carbocycles. The van der Waals surface area contributed by atoms with Gasteiger partial charge < -0.3 is 10.2 Å². The molecular weight excluding hydrogens is 322 g/mol. The number of nitrogens with one attached hydrogen (secondary N) is 1. The number of hydrogen-bond donors (Lipinski definition) is 1. The van der Waals surface area contributed by atoms with E-state index in [1.54, 1.807) is 6.92 Å². The summed E-state index contributed by atoms with van der Waals surface area (Å²) in [6.07, 6.45) is 0. The second kappa shape index (κ2) is 7.60. The fourth-order valence-electron chi connectivity index (χ4n) is 4.56. The number of fused-ring (bicyclic) bond motifs is 1. The molecule has 0 bridgehead atoms. The van der Waals surface area contributed by atoms with Gasteiger partial charge in [-0.25, -0.2) is 0 Å². The molecule has 2 aliphatic heterocycles. The number of piperazine rings is 2. The summed E-state index contributed by atoms with van der Waals surface area (Å²) in [6, 6.07) is 22.5. The minimum Gasteiger partial charge on any atom is -0.340 e. The summed E-state index contributed by atoms with van der Waals surface area (Å²) in [4.78, 5) is 16.4. The van der Waals surface area contributed by atoms with Gasteiger partial charge in [-0.1, -0.05) is 60.7 Å². The van der Waals surface area contributed by atoms with Crippen LogP contribution in [0.3, 0.4) is 0 Å². The second-order valence-electron chi connectivity index (χ2n) is 7.38. The van der Waals surface area contributed by atoms with Crippen molar-refractivity contribution in [3.63, 3.8) is 0 Å². The third-order valence-electron chi connectivity index (χ3n) is 5.84. The standard InChI is InChI=1S/C22H27N3O/c1-17(26)24-12-13-25-20(16-24)14-23-15-21(25)22(18-8-4-2-5-9-18)19-10-6-3-7-11-19/h2-11,20-23H,12-16H2,1H3/t20-,21+/m1/s1. The van der Waals surface area contributed by atoms with Gasteiger partial charge in [0.1, 0.15) is 0 Å². The number of benzene rings is 2. The molecule has 2 heterocycles. The normalized spacial score (nSPS) is 23.7. The molecule has 136 valence electrons. The van der Waals surface area contributed by atoms with Crippen LogP contribution in [0.4, 0.5) is 0 Å². The average molecular weight is 349 g/mol. The van der Waals surface area contributed by atoms with Crippen molar-refractivity contribution in [2.24, 2.45) is 0 Å². The van der Waals surface area contributed by atoms with Crippen LogP contribution < -0.4 is 5.32 Å². The van der Waals surface area contributed by atoms with Crippen LogP contribution in [0, 0.1) is 0 Å². The molecule has 2 aromatic rings. The van der Waals surface area contributed by atoms with E-state index >= 15 is 0 Å². The Labute approximate surface area is 155 Å². The van der Waals surface area contributed by atoms with E-state index in [9.17, 15) is 4.79 Å². The van der Waals surface area contributed by atoms with E-state index in [4.69, 9.17) is 0 Å². The predicted molar refractivity (Wildman–Crippen MR) is 104 cm³/mol. The van der Waals surface area contributed by atoms with E-state index in [0.717, 1.165) is 32.7 Å². The zero-order valence-corrected chi connectivity index (χ0v) is 15.3. The van der Waals surface area contributed by atoms with Gasteiger partial charge in [-0.3, -0.25) is 9.69 Å². The maximum Gasteiger partial charge on any atom is 0.219 e. The topological polar surface area (TPSA) is 35.6 Å². The van der Waals surface area contributed by atoms with Crippen LogP contribution in [0.25, 0.3) is 0 Å². The lowest BCUT2D eigenvalue weighted by Gasteiger charge is -2.50. The monoisotopic (exact) mass is 349 g/mol. The first-order valence-electron chi connectivity index (χ1n) is 9.56. The van der Waals surface area contributed by atoms with Gasteiger partial charge in [0.25, 0.3) is 0 Å². The molecular formula is C22H27N3O. The Morgan fingerprint density at radius 3 is 2.15 bits per heavy atom. The van der Waals surface area contributed by atoms with Crippen LogP contribution in [0.15, 0.2) is 60.7 Å². The first kappa shape index (κ1) is 17.3. The van der Waals surface area contributed by atoms with Gasteiger partial charge in [-0.2, -0.15) is 0 Å². The molecule has 2 aliphatic rings. The van der Waals surface area contributed by atoms with E-state index in [1.807, 2.05) is 4.90 Å². The molecule has 2 saturated heterocycles. The molecule has 0 saturated carbocycles. The van der Waals surface area contributed by atoms with Gasteiger partial charge in [0.2, 0.25) is 5.91 Å². The zero-order valence-electron chi connectivity index (χ0n) is 15.3. The molecule has 0 aromatic heterocycles. The fourth-order valence-corrected chi connectivity index (χ4v) is 4.56. The summed E-state index contributed by atoms with van der Waals surface area (Å²) >= 11 is 0. The molecule has 0 radical (unpaired) electrons. The van der Waals surface area contributed by atoms with Crippen molar-refractivity contribution in [3.8, 4) is 0 Å². The Bertz CT molecular complexity index is 694. The molecule has 2 fully saturated rings. The maximum absolute atomic E-state index is 11.8. The highest BCUT2D eigenvalue weighted by atomic mass is 16.2. The lowest BCUT2D eigenvalue weighted by Crippen LogP contribution is -2.66. The number of nitrogens with zero attached hydrogens (tertiary/aromatic N) is 2. The molecule has 4 nitrogen and oxygen atoms in total. The SMILES string of the molecule is CC(=O)N1CCN2[C@H](CNC[C@H]2C(c2ccccc2)c2ccccc2)C1. The first-order chi connectivity index (χ1) is 12.7. The molecule has 26 heavy (non-hydrogen) atoms. The van der Waals surface area contributed by atoms with Crippen molar-refractivity contribution < 1.29 is 4.79 Å². The van der Waals surface area contributed by atoms with Crippen LogP contribution in [0.5, 0.6) is 0 Å². The molecule has 4 heteroatoms. The van der Waals surface area contributed by atoms with Crippen LogP contribution in [-0.2, 0) is 4.79 Å². The Morgan fingerprint density at radius 1 is 0.962 bits per heavy atom. The van der Waals surface area contributed by atoms with Gasteiger partial charge in [0.05, 0.1) is 0 Å². The predicted octanol–water partition coefficient (Wildman–Crippen LogP) is 2.32. The highest BCUT2D eigenvalue weighted by molar-refractivity contribution is 5.73. The zero-order chi connectivity index (χ0) is 17.9. The number of amides is 1. The second-order valence-corrected chi connectivity index (χ2v) is 7.38. The van der Waals surface area contributed by atoms with Crippen molar-refractivity contribution in [2.75, 3.05) is 32.7 Å². The Kier molecular flexibility index (Phi) is 5.05. The van der Waals surface area contributed by atoms with Crippen molar-refractivity contribution in [1.82, 2.24) is 15.1 Å². The van der Waals surface area contributed by atoms with E-state index in [1.165, 1.54) is 11.1 Å². The van der Waals surface area contributed by atoms with Gasteiger partial charge in [-0.15, -0.1) is 0 Å². The molecule has 1 N–H and O–H groups in total. The molecule has 0 unspecified atom stereocenters. The Balaban J connectivity index is 1.66. The summed E-state index contributed by atoms with van der Waals surface area (Å²) in [6.45, 7) is 6.22. The minimum atomic E-state index is 0.189. The lowest BCUT2D eigenvalue weighted by molar-refractivity contribution is -0.133. The van der Waals surface area contributed by atoms with E-state index < -0.39 is 0 Å². The molecule has 2 atom stereocenters. The number of carbonyl (C=O) groups is 1. The fraction of sp³-hybridized carbons (Fsp3) is 0.409. The van der Waals surface area contributed by atoms with Crippen molar-refractivity contribution in [1.29, 1.82) is 0 Å². The number of rotatable bonds is 3. The summed E-state index contributed by atoms with van der Waals surface area (Å²) in [5, 5.41) is 3.63. The summed E-state index contributed by atoms with van der Waals surface area (Å²) in [5.41, 5.74) is 2.72. The van der Waals surface area contributed by atoms with Crippen LogP contribution in [0.1, 0.15) is 24.0 Å². The maximum atomic E-state index is 11.8. The molecule has 4 rings (SSSR count). The van der Waals surface area contributed by atoms with Gasteiger partial charge in [0, 0.05) is 57.6 Å². The quantitative estimate of drug-likeness (QED) is 0.924. The van der Waals surface area contributed by atoms with Crippen molar-refractivity contribution >= 4 is 5.91 Å². The van der Waals surface area contributed by atoms with Crippen LogP contribution in [0.2, 0.25) is 0 Å². The van der Waals surface area contributed by atoms with Gasteiger partial charge >= 0.3 is 0 Å². The minimum absolute atomic E-state index is 0.189. The molecule has 0 spiro atoms.